The molecule has 0 saturated carbocycles. The number of para-hydroxylation sites is 1. The van der Waals surface area contributed by atoms with E-state index in [0.29, 0.717) is 29.1 Å². The lowest BCUT2D eigenvalue weighted by atomic mass is 10.0. The number of carbonyl (C=O) groups is 2. The second-order valence-electron chi connectivity index (χ2n) is 10.4. The summed E-state index contributed by atoms with van der Waals surface area (Å²) in [7, 11) is 1.58. The molecule has 12 heteroatoms. The third-order valence-corrected chi connectivity index (χ3v) is 8.41. The summed E-state index contributed by atoms with van der Waals surface area (Å²) in [6.07, 6.45) is 1.98. The first-order valence-corrected chi connectivity index (χ1v) is 14.9. The smallest absolute Gasteiger partial charge is 0.348 e. The minimum atomic E-state index is -1.46. The lowest BCUT2D eigenvalue weighted by Gasteiger charge is -2.26. The van der Waals surface area contributed by atoms with E-state index in [1.165, 1.54) is 18.4 Å². The van der Waals surface area contributed by atoms with Crippen LogP contribution in [0, 0.1) is 6.92 Å². The van der Waals surface area contributed by atoms with Crippen LogP contribution >= 0.6 is 11.3 Å². The number of benzene rings is 1. The Kier molecular flexibility index (Phi) is 11.5. The van der Waals surface area contributed by atoms with Crippen LogP contribution < -0.4 is 21.3 Å². The van der Waals surface area contributed by atoms with E-state index in [0.717, 1.165) is 47.5 Å². The highest BCUT2D eigenvalue weighted by Crippen LogP contribution is 2.30. The predicted octanol–water partition coefficient (Wildman–Crippen LogP) is 3.24. The van der Waals surface area contributed by atoms with Crippen molar-refractivity contribution in [3.63, 3.8) is 0 Å². The first kappa shape index (κ1) is 33.0. The Morgan fingerprint density at radius 1 is 1.19 bits per heavy atom. The molecule has 42 heavy (non-hydrogen) atoms. The lowest BCUT2D eigenvalue weighted by molar-refractivity contribution is -0.128. The quantitative estimate of drug-likeness (QED) is 0.355. The molecule has 0 bridgehead atoms. The van der Waals surface area contributed by atoms with Gasteiger partial charge in [0.2, 0.25) is 5.91 Å². The van der Waals surface area contributed by atoms with Gasteiger partial charge in [0.1, 0.15) is 21.0 Å². The maximum Gasteiger partial charge on any atom is 0.348 e. The van der Waals surface area contributed by atoms with Crippen LogP contribution in [0.2, 0.25) is 0 Å². The van der Waals surface area contributed by atoms with E-state index in [1.54, 1.807) is 27.9 Å². The van der Waals surface area contributed by atoms with Gasteiger partial charge in [0.05, 0.1) is 25.2 Å². The van der Waals surface area contributed by atoms with Crippen molar-refractivity contribution in [2.45, 2.75) is 72.1 Å². The summed E-state index contributed by atoms with van der Waals surface area (Å²) in [5.41, 5.74) is -1.37. The number of amides is 1. The number of rotatable bonds is 9. The van der Waals surface area contributed by atoms with Crippen molar-refractivity contribution in [1.29, 1.82) is 0 Å². The number of aliphatic hydroxyl groups excluding tert-OH is 1. The van der Waals surface area contributed by atoms with Crippen LogP contribution in [0.4, 0.5) is 0 Å². The summed E-state index contributed by atoms with van der Waals surface area (Å²) in [6, 6.07) is 7.47. The van der Waals surface area contributed by atoms with Gasteiger partial charge in [-0.25, -0.2) is 14.2 Å². The second kappa shape index (κ2) is 14.6. The summed E-state index contributed by atoms with van der Waals surface area (Å²) in [4.78, 5) is 53.5. The largest absolute Gasteiger partial charge is 0.496 e. The highest BCUT2D eigenvalue weighted by atomic mass is 32.1. The van der Waals surface area contributed by atoms with Gasteiger partial charge in [0.25, 0.3) is 5.56 Å². The zero-order chi connectivity index (χ0) is 31.0. The molecule has 1 aliphatic heterocycles. The number of hydrogen-bond donors (Lipinski definition) is 2. The average Bonchev–Trinajstić information content (AvgIpc) is 3.31. The Hall–Kier alpha value is -3.48. The molecular formula is C30H43N3O8S. The first-order chi connectivity index (χ1) is 20.0. The Morgan fingerprint density at radius 2 is 1.86 bits per heavy atom. The van der Waals surface area contributed by atoms with Crippen molar-refractivity contribution in [2.75, 3.05) is 33.5 Å². The molecule has 0 spiro atoms. The SMILES string of the molecule is CCNC(=O)C(C)(C)n1c(=O)c2c(C)c(C(=O)OCC)sc2n(CCc2ccccc2OC)c1=O.OC1CCOCC1.[HH]. The lowest BCUT2D eigenvalue weighted by Crippen LogP contribution is -2.55. The fraction of sp³-hybridized carbons (Fsp3) is 0.533. The number of aryl methyl sites for hydroxylation is 3. The van der Waals surface area contributed by atoms with Crippen molar-refractivity contribution in [3.8, 4) is 5.75 Å². The van der Waals surface area contributed by atoms with Gasteiger partial charge in [-0.3, -0.25) is 14.2 Å². The number of esters is 1. The van der Waals surface area contributed by atoms with Crippen LogP contribution in [0.15, 0.2) is 33.9 Å². The Labute approximate surface area is 250 Å². The van der Waals surface area contributed by atoms with Crippen LogP contribution in [-0.4, -0.2) is 65.7 Å². The van der Waals surface area contributed by atoms with Crippen molar-refractivity contribution < 1.29 is 30.3 Å². The van der Waals surface area contributed by atoms with E-state index in [4.69, 9.17) is 19.3 Å². The van der Waals surface area contributed by atoms with Crippen molar-refractivity contribution in [3.05, 3.63) is 61.1 Å². The average molecular weight is 606 g/mol. The fourth-order valence-electron chi connectivity index (χ4n) is 4.73. The monoisotopic (exact) mass is 605 g/mol. The molecule has 2 aromatic heterocycles. The highest BCUT2D eigenvalue weighted by Gasteiger charge is 2.35. The summed E-state index contributed by atoms with van der Waals surface area (Å²) < 4.78 is 18.0. The van der Waals surface area contributed by atoms with Gasteiger partial charge in [0.15, 0.2) is 0 Å². The first-order valence-electron chi connectivity index (χ1n) is 14.1. The van der Waals surface area contributed by atoms with Gasteiger partial charge in [-0.15, -0.1) is 11.3 Å². The number of aliphatic hydroxyl groups is 1. The standard InChI is InChI=1S/C25H31N3O6S.C5H10O2.H2/c1-7-26-23(31)25(4,5)28-20(29)18-15(3)19(22(30)34-8-2)35-21(18)27(24(28)32)14-13-16-11-9-10-12-17(16)33-6;6-5-1-3-7-4-2-5;/h9-12H,7-8,13-14H2,1-6H3,(H,26,31);5-6H,1-4H2;1H. The van der Waals surface area contributed by atoms with Gasteiger partial charge < -0.3 is 24.6 Å². The molecule has 1 amide bonds. The third kappa shape index (κ3) is 7.11. The summed E-state index contributed by atoms with van der Waals surface area (Å²) >= 11 is 1.05. The van der Waals surface area contributed by atoms with Crippen LogP contribution in [-0.2, 0) is 32.8 Å². The van der Waals surface area contributed by atoms with Crippen LogP contribution in [0.3, 0.4) is 0 Å². The molecule has 2 N–H and O–H groups in total. The van der Waals surface area contributed by atoms with Gasteiger partial charge in [-0.1, -0.05) is 18.2 Å². The van der Waals surface area contributed by atoms with Gasteiger partial charge in [0, 0.05) is 27.7 Å². The predicted molar refractivity (Wildman–Crippen MR) is 164 cm³/mol. The zero-order valence-corrected chi connectivity index (χ0v) is 26.0. The van der Waals surface area contributed by atoms with Gasteiger partial charge >= 0.3 is 11.7 Å². The molecule has 3 aromatic rings. The second-order valence-corrected chi connectivity index (χ2v) is 11.4. The summed E-state index contributed by atoms with van der Waals surface area (Å²) in [5.74, 6) is -0.320. The Balaban J connectivity index is 0.000000707. The van der Waals surface area contributed by atoms with E-state index in [-0.39, 0.29) is 30.9 Å². The van der Waals surface area contributed by atoms with E-state index in [2.05, 4.69) is 5.32 Å². The number of likely N-dealkylation sites (N-methyl/N-ethyl adjacent to an activating group) is 1. The highest BCUT2D eigenvalue weighted by molar-refractivity contribution is 7.20. The number of thiophene rings is 1. The summed E-state index contributed by atoms with van der Waals surface area (Å²) in [5, 5.41) is 11.8. The number of hydrogen-bond acceptors (Lipinski definition) is 9. The summed E-state index contributed by atoms with van der Waals surface area (Å²) in [6.45, 7) is 10.4. The molecule has 0 atom stereocenters. The molecule has 0 radical (unpaired) electrons. The third-order valence-electron chi connectivity index (χ3n) is 7.11. The van der Waals surface area contributed by atoms with Gasteiger partial charge in [-0.05, 0) is 71.1 Å². The molecule has 11 nitrogen and oxygen atoms in total. The molecule has 1 fully saturated rings. The topological polar surface area (TPSA) is 138 Å². The number of ether oxygens (including phenoxy) is 3. The Morgan fingerprint density at radius 3 is 2.43 bits per heavy atom. The van der Waals surface area contributed by atoms with E-state index >= 15 is 0 Å². The molecule has 3 heterocycles. The molecule has 1 aliphatic rings. The maximum absolute atomic E-state index is 13.8. The fourth-order valence-corrected chi connectivity index (χ4v) is 5.95. The maximum atomic E-state index is 13.8. The van der Waals surface area contributed by atoms with Crippen LogP contribution in [0.25, 0.3) is 10.2 Å². The molecule has 1 aromatic carbocycles. The van der Waals surface area contributed by atoms with E-state index in [1.807, 2.05) is 24.3 Å². The van der Waals surface area contributed by atoms with Crippen molar-refractivity contribution in [1.82, 2.24) is 14.5 Å². The van der Waals surface area contributed by atoms with Crippen molar-refractivity contribution >= 4 is 33.4 Å². The number of nitrogens with zero attached hydrogens (tertiary/aromatic N) is 2. The van der Waals surface area contributed by atoms with E-state index in [9.17, 15) is 19.2 Å². The number of nitrogens with one attached hydrogen (secondary N) is 1. The molecule has 4 rings (SSSR count). The van der Waals surface area contributed by atoms with Gasteiger partial charge in [-0.2, -0.15) is 0 Å². The molecule has 0 aliphatic carbocycles. The molecular weight excluding hydrogens is 562 g/mol. The number of methoxy groups -OCH3 is 1. The minimum absolute atomic E-state index is 0. The number of carbonyl (C=O) groups excluding carboxylic acids is 2. The van der Waals surface area contributed by atoms with Crippen molar-refractivity contribution in [2.24, 2.45) is 0 Å². The van der Waals surface area contributed by atoms with Crippen LogP contribution in [0.5, 0.6) is 5.75 Å². The zero-order valence-electron chi connectivity index (χ0n) is 25.2. The Bertz CT molecular complexity index is 1520. The number of aromatic nitrogens is 2. The van der Waals surface area contributed by atoms with E-state index < -0.39 is 28.7 Å². The molecule has 232 valence electrons. The molecule has 0 unspecified atom stereocenters. The molecule has 1 saturated heterocycles. The van der Waals surface area contributed by atoms with Crippen LogP contribution in [0.1, 0.15) is 62.8 Å². The normalized spacial score (nSPS) is 13.8. The minimum Gasteiger partial charge on any atom is -0.496 e. The number of fused-ring (bicyclic) bond motifs is 1.